The van der Waals surface area contributed by atoms with Gasteiger partial charge in [-0.3, -0.25) is 9.89 Å². The molecule has 1 amide bonds. The van der Waals surface area contributed by atoms with E-state index in [-0.39, 0.29) is 18.8 Å². The van der Waals surface area contributed by atoms with Gasteiger partial charge in [0.2, 0.25) is 5.82 Å². The molecule has 1 fully saturated rings. The number of hydrogen-bond acceptors (Lipinski definition) is 3. The number of halogens is 3. The monoisotopic (exact) mass is 248 g/mol. The minimum absolute atomic E-state index is 0.0205. The van der Waals surface area contributed by atoms with Crippen LogP contribution in [0.25, 0.3) is 0 Å². The average Bonchev–Trinajstić information content (AvgIpc) is 2.80. The Morgan fingerprint density at radius 3 is 2.88 bits per heavy atom. The number of alkyl halides is 3. The molecule has 0 saturated carbocycles. The van der Waals surface area contributed by atoms with E-state index in [9.17, 15) is 18.0 Å². The molecule has 94 valence electrons. The van der Waals surface area contributed by atoms with Crippen molar-refractivity contribution >= 4 is 5.91 Å². The van der Waals surface area contributed by atoms with Crippen LogP contribution in [0.5, 0.6) is 0 Å². The molecular formula is C9H11F3N4O. The third kappa shape index (κ3) is 2.56. The number of hydrogen-bond donors (Lipinski definition) is 1. The predicted molar refractivity (Wildman–Crippen MR) is 51.1 cm³/mol. The molecule has 0 bridgehead atoms. The Morgan fingerprint density at radius 1 is 1.53 bits per heavy atom. The number of H-pyrrole nitrogens is 1. The number of rotatable bonds is 1. The maximum atomic E-state index is 12.5. The Balaban J connectivity index is 2.05. The number of nitrogens with zero attached hydrogens (tertiary/aromatic N) is 3. The van der Waals surface area contributed by atoms with Gasteiger partial charge in [-0.2, -0.15) is 18.3 Å². The summed E-state index contributed by atoms with van der Waals surface area (Å²) in [6.07, 6.45) is -2.67. The maximum Gasteiger partial charge on any atom is 0.393 e. The summed E-state index contributed by atoms with van der Waals surface area (Å²) in [5.74, 6) is -1.99. The largest absolute Gasteiger partial charge is 0.393 e. The highest BCUT2D eigenvalue weighted by atomic mass is 19.4. The zero-order valence-corrected chi connectivity index (χ0v) is 8.87. The van der Waals surface area contributed by atoms with E-state index in [1.165, 1.54) is 4.90 Å². The summed E-state index contributed by atoms with van der Waals surface area (Å²) in [5.41, 5.74) is 0. The molecule has 1 aromatic heterocycles. The van der Waals surface area contributed by atoms with E-state index in [2.05, 4.69) is 15.2 Å². The molecule has 17 heavy (non-hydrogen) atoms. The van der Waals surface area contributed by atoms with Crippen LogP contribution < -0.4 is 0 Å². The quantitative estimate of drug-likeness (QED) is 0.812. The van der Waals surface area contributed by atoms with Crippen molar-refractivity contribution in [1.82, 2.24) is 20.1 Å². The SMILES string of the molecule is O=C(c1ncn[nH]1)N1CCCC(C(F)(F)F)C1. The molecule has 1 atom stereocenters. The van der Waals surface area contributed by atoms with Gasteiger partial charge in [0, 0.05) is 13.1 Å². The zero-order valence-electron chi connectivity index (χ0n) is 8.87. The molecule has 1 unspecified atom stereocenters. The molecule has 2 rings (SSSR count). The second-order valence-corrected chi connectivity index (χ2v) is 3.97. The van der Waals surface area contributed by atoms with Gasteiger partial charge < -0.3 is 4.90 Å². The topological polar surface area (TPSA) is 61.9 Å². The number of nitrogens with one attached hydrogen (secondary N) is 1. The number of carbonyl (C=O) groups excluding carboxylic acids is 1. The van der Waals surface area contributed by atoms with E-state index >= 15 is 0 Å². The lowest BCUT2D eigenvalue weighted by Gasteiger charge is -2.33. The first-order valence-corrected chi connectivity index (χ1v) is 5.20. The number of aromatic nitrogens is 3. The molecule has 2 heterocycles. The molecule has 0 aromatic carbocycles. The second kappa shape index (κ2) is 4.34. The fourth-order valence-electron chi connectivity index (χ4n) is 1.89. The van der Waals surface area contributed by atoms with Gasteiger partial charge in [0.15, 0.2) is 0 Å². The van der Waals surface area contributed by atoms with Crippen molar-refractivity contribution in [3.8, 4) is 0 Å². The smallest absolute Gasteiger partial charge is 0.335 e. The molecule has 0 spiro atoms. The van der Waals surface area contributed by atoms with Crippen molar-refractivity contribution in [1.29, 1.82) is 0 Å². The average molecular weight is 248 g/mol. The molecule has 1 aromatic rings. The van der Waals surface area contributed by atoms with E-state index in [1.807, 2.05) is 0 Å². The molecule has 0 aliphatic carbocycles. The van der Waals surface area contributed by atoms with Crippen molar-refractivity contribution in [2.75, 3.05) is 13.1 Å². The van der Waals surface area contributed by atoms with Gasteiger partial charge in [0.1, 0.15) is 6.33 Å². The summed E-state index contributed by atoms with van der Waals surface area (Å²) < 4.78 is 37.6. The fraction of sp³-hybridized carbons (Fsp3) is 0.667. The highest BCUT2D eigenvalue weighted by Crippen LogP contribution is 2.33. The van der Waals surface area contributed by atoms with Crippen LogP contribution >= 0.6 is 0 Å². The van der Waals surface area contributed by atoms with Gasteiger partial charge in [0.25, 0.3) is 5.91 Å². The molecule has 8 heteroatoms. The molecule has 5 nitrogen and oxygen atoms in total. The summed E-state index contributed by atoms with van der Waals surface area (Å²) in [5, 5.41) is 5.85. The molecule has 1 aliphatic rings. The van der Waals surface area contributed by atoms with Gasteiger partial charge in [0.05, 0.1) is 5.92 Å². The third-order valence-corrected chi connectivity index (χ3v) is 2.79. The Labute approximate surface area is 95.0 Å². The number of piperidine rings is 1. The number of aromatic amines is 1. The Hall–Kier alpha value is -1.60. The molecule has 0 radical (unpaired) electrons. The minimum atomic E-state index is -4.25. The third-order valence-electron chi connectivity index (χ3n) is 2.79. The lowest BCUT2D eigenvalue weighted by Crippen LogP contribution is -2.44. The zero-order chi connectivity index (χ0) is 12.5. The van der Waals surface area contributed by atoms with Crippen LogP contribution in [0.15, 0.2) is 6.33 Å². The highest BCUT2D eigenvalue weighted by Gasteiger charge is 2.43. The Kier molecular flexibility index (Phi) is 3.03. The van der Waals surface area contributed by atoms with E-state index in [0.717, 1.165) is 6.33 Å². The predicted octanol–water partition coefficient (Wildman–Crippen LogP) is 1.22. The van der Waals surface area contributed by atoms with Crippen LogP contribution in [0.4, 0.5) is 13.2 Å². The van der Waals surface area contributed by atoms with Gasteiger partial charge in [-0.15, -0.1) is 0 Å². The van der Waals surface area contributed by atoms with Crippen LogP contribution in [-0.2, 0) is 0 Å². The van der Waals surface area contributed by atoms with Crippen LogP contribution in [0.3, 0.4) is 0 Å². The first-order valence-electron chi connectivity index (χ1n) is 5.20. The van der Waals surface area contributed by atoms with Crippen molar-refractivity contribution < 1.29 is 18.0 Å². The fourth-order valence-corrected chi connectivity index (χ4v) is 1.89. The lowest BCUT2D eigenvalue weighted by molar-refractivity contribution is -0.184. The second-order valence-electron chi connectivity index (χ2n) is 3.97. The standard InChI is InChI=1S/C9H11F3N4O/c10-9(11,12)6-2-1-3-16(4-6)8(17)7-13-5-14-15-7/h5-6H,1-4H2,(H,13,14,15). The summed E-state index contributed by atoms with van der Waals surface area (Å²) in [6.45, 7) is 0.0230. The van der Waals surface area contributed by atoms with Crippen LogP contribution in [0.1, 0.15) is 23.5 Å². The van der Waals surface area contributed by atoms with Crippen molar-refractivity contribution in [2.24, 2.45) is 5.92 Å². The van der Waals surface area contributed by atoms with Crippen molar-refractivity contribution in [3.63, 3.8) is 0 Å². The van der Waals surface area contributed by atoms with E-state index in [4.69, 9.17) is 0 Å². The van der Waals surface area contributed by atoms with Crippen LogP contribution in [0.2, 0.25) is 0 Å². The van der Waals surface area contributed by atoms with Crippen LogP contribution in [-0.4, -0.2) is 45.3 Å². The molecule has 1 N–H and O–H groups in total. The summed E-state index contributed by atoms with van der Waals surface area (Å²) >= 11 is 0. The van der Waals surface area contributed by atoms with Gasteiger partial charge in [-0.25, -0.2) is 4.98 Å². The molecular weight excluding hydrogens is 237 g/mol. The first kappa shape index (κ1) is 11.9. The number of likely N-dealkylation sites (tertiary alicyclic amines) is 1. The Bertz CT molecular complexity index is 389. The van der Waals surface area contributed by atoms with Gasteiger partial charge in [-0.1, -0.05) is 0 Å². The van der Waals surface area contributed by atoms with Crippen LogP contribution in [0, 0.1) is 5.92 Å². The van der Waals surface area contributed by atoms with Crippen molar-refractivity contribution in [3.05, 3.63) is 12.2 Å². The summed E-state index contributed by atoms with van der Waals surface area (Å²) in [7, 11) is 0. The highest BCUT2D eigenvalue weighted by molar-refractivity contribution is 5.90. The van der Waals surface area contributed by atoms with E-state index in [0.29, 0.717) is 13.0 Å². The molecule has 1 saturated heterocycles. The van der Waals surface area contributed by atoms with E-state index < -0.39 is 18.0 Å². The number of amides is 1. The minimum Gasteiger partial charge on any atom is -0.335 e. The number of carbonyl (C=O) groups is 1. The van der Waals surface area contributed by atoms with Gasteiger partial charge in [-0.05, 0) is 12.8 Å². The summed E-state index contributed by atoms with van der Waals surface area (Å²) in [6, 6.07) is 0. The van der Waals surface area contributed by atoms with Gasteiger partial charge >= 0.3 is 6.18 Å². The lowest BCUT2D eigenvalue weighted by atomic mass is 9.97. The van der Waals surface area contributed by atoms with Crippen molar-refractivity contribution in [2.45, 2.75) is 19.0 Å². The molecule has 1 aliphatic heterocycles. The normalized spacial score (nSPS) is 21.6. The van der Waals surface area contributed by atoms with E-state index in [1.54, 1.807) is 0 Å². The summed E-state index contributed by atoms with van der Waals surface area (Å²) in [4.78, 5) is 16.6. The maximum absolute atomic E-state index is 12.5. The Morgan fingerprint density at radius 2 is 2.29 bits per heavy atom. The first-order chi connectivity index (χ1) is 7.98.